The Kier molecular flexibility index (Phi) is 5.15. The molecule has 0 unspecified atom stereocenters. The van der Waals surface area contributed by atoms with E-state index in [0.717, 1.165) is 29.5 Å². The van der Waals surface area contributed by atoms with Gasteiger partial charge in [-0.1, -0.05) is 66.7 Å². The van der Waals surface area contributed by atoms with E-state index in [0.29, 0.717) is 6.54 Å². The van der Waals surface area contributed by atoms with Crippen molar-refractivity contribution in [3.05, 3.63) is 77.4 Å². The van der Waals surface area contributed by atoms with E-state index in [9.17, 15) is 10.1 Å². The zero-order chi connectivity index (χ0) is 17.5. The van der Waals surface area contributed by atoms with Crippen LogP contribution in [0.1, 0.15) is 29.5 Å². The fourth-order valence-corrected chi connectivity index (χ4v) is 2.61. The fraction of sp³-hybridized carbons (Fsp3) is 0.238. The molecule has 1 N–H and O–H groups in total. The van der Waals surface area contributed by atoms with E-state index in [1.165, 1.54) is 0 Å². The number of hydrogen-bond acceptors (Lipinski definition) is 3. The smallest absolute Gasteiger partial charge is 0.407 e. The third-order valence-electron chi connectivity index (χ3n) is 4.31. The van der Waals surface area contributed by atoms with Gasteiger partial charge in [0.25, 0.3) is 0 Å². The van der Waals surface area contributed by atoms with Gasteiger partial charge in [0.15, 0.2) is 0 Å². The quantitative estimate of drug-likeness (QED) is 0.863. The van der Waals surface area contributed by atoms with Gasteiger partial charge in [0.2, 0.25) is 0 Å². The zero-order valence-corrected chi connectivity index (χ0v) is 13.9. The van der Waals surface area contributed by atoms with Gasteiger partial charge >= 0.3 is 6.09 Å². The molecule has 1 fully saturated rings. The first-order valence-corrected chi connectivity index (χ1v) is 8.35. The number of carbonyl (C=O) groups excluding carboxylic acids is 1. The molecule has 4 heteroatoms. The average molecular weight is 332 g/mol. The molecule has 1 aliphatic carbocycles. The minimum absolute atomic E-state index is 0.244. The molecule has 2 aromatic carbocycles. The third kappa shape index (κ3) is 4.48. The van der Waals surface area contributed by atoms with E-state index >= 15 is 0 Å². The fourth-order valence-electron chi connectivity index (χ4n) is 2.61. The molecule has 25 heavy (non-hydrogen) atoms. The highest BCUT2D eigenvalue weighted by atomic mass is 16.5. The van der Waals surface area contributed by atoms with Crippen LogP contribution in [0.5, 0.6) is 0 Å². The lowest BCUT2D eigenvalue weighted by atomic mass is 9.97. The van der Waals surface area contributed by atoms with Gasteiger partial charge in [-0.2, -0.15) is 5.26 Å². The molecular weight excluding hydrogens is 312 g/mol. The summed E-state index contributed by atoms with van der Waals surface area (Å²) in [7, 11) is 0. The Bertz CT molecular complexity index is 785. The number of benzene rings is 2. The largest absolute Gasteiger partial charge is 0.445 e. The molecule has 4 nitrogen and oxygen atoms in total. The van der Waals surface area contributed by atoms with Crippen molar-refractivity contribution in [2.24, 2.45) is 0 Å². The highest BCUT2D eigenvalue weighted by molar-refractivity contribution is 5.67. The van der Waals surface area contributed by atoms with E-state index in [1.807, 2.05) is 66.7 Å². The first-order chi connectivity index (χ1) is 12.2. The third-order valence-corrected chi connectivity index (χ3v) is 4.31. The number of alkyl carbamates (subject to hydrolysis) is 1. The monoisotopic (exact) mass is 332 g/mol. The van der Waals surface area contributed by atoms with Crippen LogP contribution in [0.4, 0.5) is 4.79 Å². The first-order valence-electron chi connectivity index (χ1n) is 8.35. The number of amides is 1. The standard InChI is InChI=1S/C21H20N2O2/c22-16-21(12-13-21)19-10-8-17(9-11-19)7-4-14-23-20(24)25-15-18-5-2-1-3-6-18/h1-11H,12-15H2,(H,23,24). The summed E-state index contributed by atoms with van der Waals surface area (Å²) in [4.78, 5) is 11.6. The van der Waals surface area contributed by atoms with Crippen molar-refractivity contribution in [2.45, 2.75) is 24.9 Å². The second-order valence-electron chi connectivity index (χ2n) is 6.16. The molecule has 0 saturated heterocycles. The second-order valence-corrected chi connectivity index (χ2v) is 6.16. The van der Waals surface area contributed by atoms with E-state index < -0.39 is 6.09 Å². The van der Waals surface area contributed by atoms with Crippen LogP contribution >= 0.6 is 0 Å². The summed E-state index contributed by atoms with van der Waals surface area (Å²) < 4.78 is 5.14. The summed E-state index contributed by atoms with van der Waals surface area (Å²) >= 11 is 0. The molecule has 2 aromatic rings. The topological polar surface area (TPSA) is 62.1 Å². The summed E-state index contributed by atoms with van der Waals surface area (Å²) in [5.41, 5.74) is 2.84. The van der Waals surface area contributed by atoms with E-state index in [2.05, 4.69) is 11.4 Å². The zero-order valence-electron chi connectivity index (χ0n) is 13.9. The van der Waals surface area contributed by atoms with Gasteiger partial charge in [0.05, 0.1) is 11.5 Å². The summed E-state index contributed by atoms with van der Waals surface area (Å²) in [5, 5.41) is 11.9. The minimum atomic E-state index is -0.437. The summed E-state index contributed by atoms with van der Waals surface area (Å²) in [6.45, 7) is 0.663. The summed E-state index contributed by atoms with van der Waals surface area (Å²) in [6.07, 6.45) is 5.28. The molecule has 1 aliphatic rings. The van der Waals surface area contributed by atoms with Gasteiger partial charge in [-0.15, -0.1) is 0 Å². The average Bonchev–Trinajstić information content (AvgIpc) is 3.46. The predicted molar refractivity (Wildman–Crippen MR) is 96.6 cm³/mol. The Morgan fingerprint density at radius 1 is 1.16 bits per heavy atom. The Balaban J connectivity index is 1.41. The van der Waals surface area contributed by atoms with Crippen LogP contribution in [0.3, 0.4) is 0 Å². The molecular formula is C21H20N2O2. The molecule has 0 heterocycles. The highest BCUT2D eigenvalue weighted by Crippen LogP contribution is 2.47. The lowest BCUT2D eigenvalue weighted by Gasteiger charge is -2.06. The van der Waals surface area contributed by atoms with Crippen molar-refractivity contribution >= 4 is 12.2 Å². The number of rotatable bonds is 6. The molecule has 0 atom stereocenters. The van der Waals surface area contributed by atoms with Crippen molar-refractivity contribution in [3.8, 4) is 6.07 Å². The number of nitrogens with zero attached hydrogens (tertiary/aromatic N) is 1. The number of ether oxygens (including phenoxy) is 1. The number of nitriles is 1. The molecule has 0 radical (unpaired) electrons. The van der Waals surface area contributed by atoms with Gasteiger partial charge in [0.1, 0.15) is 6.61 Å². The molecule has 126 valence electrons. The number of hydrogen-bond donors (Lipinski definition) is 1. The first kappa shape index (κ1) is 16.8. The van der Waals surface area contributed by atoms with Gasteiger partial charge < -0.3 is 10.1 Å². The number of nitrogens with one attached hydrogen (secondary N) is 1. The summed E-state index contributed by atoms with van der Waals surface area (Å²) in [6, 6.07) is 20.0. The van der Waals surface area contributed by atoms with Gasteiger partial charge in [0, 0.05) is 6.54 Å². The Labute approximate surface area is 147 Å². The van der Waals surface area contributed by atoms with Crippen molar-refractivity contribution in [1.29, 1.82) is 5.26 Å². The van der Waals surface area contributed by atoms with Crippen LogP contribution in [0, 0.1) is 11.3 Å². The number of carbonyl (C=O) groups is 1. The van der Waals surface area contributed by atoms with Crippen LogP contribution in [0.15, 0.2) is 60.7 Å². The molecule has 0 spiro atoms. The Morgan fingerprint density at radius 3 is 2.52 bits per heavy atom. The van der Waals surface area contributed by atoms with E-state index in [4.69, 9.17) is 4.74 Å². The highest BCUT2D eigenvalue weighted by Gasteiger charge is 2.44. The van der Waals surface area contributed by atoms with Gasteiger partial charge in [-0.3, -0.25) is 0 Å². The molecule has 1 amide bonds. The molecule has 0 bridgehead atoms. The molecule has 3 rings (SSSR count). The maximum absolute atomic E-state index is 11.6. The van der Waals surface area contributed by atoms with Gasteiger partial charge in [-0.05, 0) is 29.5 Å². The van der Waals surface area contributed by atoms with Crippen LogP contribution < -0.4 is 5.32 Å². The SMILES string of the molecule is N#CC1(c2ccc(C=CCNC(=O)OCc3ccccc3)cc2)CC1. The van der Waals surface area contributed by atoms with Crippen LogP contribution in [-0.2, 0) is 16.8 Å². The molecule has 0 aromatic heterocycles. The molecule has 1 saturated carbocycles. The van der Waals surface area contributed by atoms with Crippen molar-refractivity contribution in [3.63, 3.8) is 0 Å². The van der Waals surface area contributed by atoms with Crippen LogP contribution in [0.2, 0.25) is 0 Å². The Hall–Kier alpha value is -3.06. The van der Waals surface area contributed by atoms with E-state index in [1.54, 1.807) is 0 Å². The van der Waals surface area contributed by atoms with Crippen molar-refractivity contribution < 1.29 is 9.53 Å². The van der Waals surface area contributed by atoms with Gasteiger partial charge in [-0.25, -0.2) is 4.79 Å². The van der Waals surface area contributed by atoms with Crippen molar-refractivity contribution in [2.75, 3.05) is 6.54 Å². The summed E-state index contributed by atoms with van der Waals surface area (Å²) in [5.74, 6) is 0. The Morgan fingerprint density at radius 2 is 1.88 bits per heavy atom. The minimum Gasteiger partial charge on any atom is -0.445 e. The lowest BCUT2D eigenvalue weighted by Crippen LogP contribution is -2.24. The normalized spacial score (nSPS) is 14.7. The second kappa shape index (κ2) is 7.67. The van der Waals surface area contributed by atoms with Crippen LogP contribution in [-0.4, -0.2) is 12.6 Å². The van der Waals surface area contributed by atoms with E-state index in [-0.39, 0.29) is 12.0 Å². The van der Waals surface area contributed by atoms with Crippen LogP contribution in [0.25, 0.3) is 6.08 Å². The lowest BCUT2D eigenvalue weighted by molar-refractivity contribution is 0.141. The maximum atomic E-state index is 11.6. The van der Waals surface area contributed by atoms with Crippen molar-refractivity contribution in [1.82, 2.24) is 5.32 Å². The maximum Gasteiger partial charge on any atom is 0.407 e. The predicted octanol–water partition coefficient (Wildman–Crippen LogP) is 4.18. The molecule has 0 aliphatic heterocycles.